The average Bonchev–Trinajstić information content (AvgIpc) is 2.57. The summed E-state index contributed by atoms with van der Waals surface area (Å²) in [6.07, 6.45) is 4.38. The van der Waals surface area contributed by atoms with E-state index in [-0.39, 0.29) is 0 Å². The lowest BCUT2D eigenvalue weighted by atomic mass is 10.3. The van der Waals surface area contributed by atoms with Crippen molar-refractivity contribution in [2.75, 3.05) is 13.1 Å². The SMILES string of the molecule is C=C(CNCCC)Cn1cncn1. The first-order valence-electron chi connectivity index (χ1n) is 4.52. The second-order valence-corrected chi connectivity index (χ2v) is 3.02. The number of aromatic nitrogens is 3. The lowest BCUT2D eigenvalue weighted by molar-refractivity contribution is 0.632. The smallest absolute Gasteiger partial charge is 0.137 e. The Labute approximate surface area is 78.7 Å². The molecule has 1 heterocycles. The van der Waals surface area contributed by atoms with E-state index < -0.39 is 0 Å². The number of hydrogen-bond donors (Lipinski definition) is 1. The van der Waals surface area contributed by atoms with E-state index in [4.69, 9.17) is 0 Å². The van der Waals surface area contributed by atoms with E-state index in [0.717, 1.165) is 31.6 Å². The second-order valence-electron chi connectivity index (χ2n) is 3.02. The maximum Gasteiger partial charge on any atom is 0.137 e. The van der Waals surface area contributed by atoms with Crippen LogP contribution in [0.3, 0.4) is 0 Å². The van der Waals surface area contributed by atoms with Crippen LogP contribution in [-0.4, -0.2) is 27.9 Å². The van der Waals surface area contributed by atoms with Gasteiger partial charge < -0.3 is 5.32 Å². The van der Waals surface area contributed by atoms with Crippen molar-refractivity contribution in [3.63, 3.8) is 0 Å². The molecule has 0 saturated carbocycles. The molecule has 1 rings (SSSR count). The molecule has 0 amide bonds. The molecule has 0 unspecified atom stereocenters. The number of rotatable bonds is 6. The highest BCUT2D eigenvalue weighted by molar-refractivity contribution is 4.96. The maximum absolute atomic E-state index is 4.00. The Morgan fingerprint density at radius 2 is 2.46 bits per heavy atom. The van der Waals surface area contributed by atoms with Gasteiger partial charge in [-0.15, -0.1) is 0 Å². The highest BCUT2D eigenvalue weighted by atomic mass is 15.3. The first-order chi connectivity index (χ1) is 6.33. The first-order valence-corrected chi connectivity index (χ1v) is 4.52. The van der Waals surface area contributed by atoms with Gasteiger partial charge in [0.1, 0.15) is 12.7 Å². The molecule has 4 heteroatoms. The third kappa shape index (κ3) is 3.85. The molecule has 0 aliphatic carbocycles. The summed E-state index contributed by atoms with van der Waals surface area (Å²) >= 11 is 0. The summed E-state index contributed by atoms with van der Waals surface area (Å²) in [5, 5.41) is 7.29. The summed E-state index contributed by atoms with van der Waals surface area (Å²) in [6, 6.07) is 0. The molecule has 72 valence electrons. The molecule has 0 spiro atoms. The predicted octanol–water partition coefficient (Wildman–Crippen LogP) is 0.834. The van der Waals surface area contributed by atoms with Crippen LogP contribution in [0.5, 0.6) is 0 Å². The van der Waals surface area contributed by atoms with Crippen molar-refractivity contribution in [2.24, 2.45) is 0 Å². The van der Waals surface area contributed by atoms with Gasteiger partial charge in [-0.05, 0) is 18.5 Å². The van der Waals surface area contributed by atoms with Crippen LogP contribution in [-0.2, 0) is 6.54 Å². The van der Waals surface area contributed by atoms with Crippen molar-refractivity contribution in [1.82, 2.24) is 20.1 Å². The van der Waals surface area contributed by atoms with E-state index in [2.05, 4.69) is 28.9 Å². The summed E-state index contributed by atoms with van der Waals surface area (Å²) in [4.78, 5) is 3.86. The first kappa shape index (κ1) is 9.92. The van der Waals surface area contributed by atoms with Crippen molar-refractivity contribution in [2.45, 2.75) is 19.9 Å². The van der Waals surface area contributed by atoms with Crippen LogP contribution in [0.4, 0.5) is 0 Å². The molecule has 1 aromatic rings. The van der Waals surface area contributed by atoms with E-state index in [1.807, 2.05) is 0 Å². The van der Waals surface area contributed by atoms with E-state index in [9.17, 15) is 0 Å². The fraction of sp³-hybridized carbons (Fsp3) is 0.556. The zero-order valence-corrected chi connectivity index (χ0v) is 8.03. The molecule has 0 aliphatic rings. The van der Waals surface area contributed by atoms with Crippen molar-refractivity contribution >= 4 is 0 Å². The molecule has 0 radical (unpaired) electrons. The highest BCUT2D eigenvalue weighted by Crippen LogP contribution is 1.92. The van der Waals surface area contributed by atoms with Gasteiger partial charge in [0.05, 0.1) is 6.54 Å². The van der Waals surface area contributed by atoms with Crippen molar-refractivity contribution in [3.8, 4) is 0 Å². The molecule has 0 saturated heterocycles. The summed E-state index contributed by atoms with van der Waals surface area (Å²) in [6.45, 7) is 8.74. The van der Waals surface area contributed by atoms with Gasteiger partial charge in [0.25, 0.3) is 0 Å². The minimum Gasteiger partial charge on any atom is -0.313 e. The molecule has 1 N–H and O–H groups in total. The van der Waals surface area contributed by atoms with Gasteiger partial charge in [-0.2, -0.15) is 5.10 Å². The molecule has 1 aromatic heterocycles. The summed E-state index contributed by atoms with van der Waals surface area (Å²) < 4.78 is 1.77. The van der Waals surface area contributed by atoms with Crippen LogP contribution in [0.1, 0.15) is 13.3 Å². The Hall–Kier alpha value is -1.16. The summed E-state index contributed by atoms with van der Waals surface area (Å²) in [7, 11) is 0. The van der Waals surface area contributed by atoms with Gasteiger partial charge in [0.15, 0.2) is 0 Å². The quantitative estimate of drug-likeness (QED) is 0.521. The maximum atomic E-state index is 4.00. The van der Waals surface area contributed by atoms with Crippen molar-refractivity contribution in [3.05, 3.63) is 24.8 Å². The van der Waals surface area contributed by atoms with Crippen LogP contribution >= 0.6 is 0 Å². The zero-order valence-electron chi connectivity index (χ0n) is 8.03. The van der Waals surface area contributed by atoms with Gasteiger partial charge in [-0.3, -0.25) is 0 Å². The fourth-order valence-electron chi connectivity index (χ4n) is 1.04. The Bertz CT molecular complexity index is 240. The van der Waals surface area contributed by atoms with E-state index in [0.29, 0.717) is 0 Å². The molecule has 0 aliphatic heterocycles. The summed E-state index contributed by atoms with van der Waals surface area (Å²) in [5.41, 5.74) is 1.12. The monoisotopic (exact) mass is 180 g/mol. The standard InChI is InChI=1S/C9H16N4/c1-3-4-10-5-9(2)6-13-8-11-7-12-13/h7-8,10H,2-6H2,1H3. The topological polar surface area (TPSA) is 42.7 Å². The van der Waals surface area contributed by atoms with Crippen LogP contribution in [0.15, 0.2) is 24.8 Å². The minimum atomic E-state index is 0.747. The van der Waals surface area contributed by atoms with E-state index in [1.54, 1.807) is 11.0 Å². The highest BCUT2D eigenvalue weighted by Gasteiger charge is 1.95. The molecule has 13 heavy (non-hydrogen) atoms. The third-order valence-electron chi connectivity index (χ3n) is 1.65. The minimum absolute atomic E-state index is 0.747. The lowest BCUT2D eigenvalue weighted by Crippen LogP contribution is -2.19. The number of nitrogens with one attached hydrogen (secondary N) is 1. The largest absolute Gasteiger partial charge is 0.313 e. The van der Waals surface area contributed by atoms with E-state index >= 15 is 0 Å². The molecule has 0 aromatic carbocycles. The van der Waals surface area contributed by atoms with Crippen molar-refractivity contribution < 1.29 is 0 Å². The molecule has 0 atom stereocenters. The van der Waals surface area contributed by atoms with Gasteiger partial charge in [-0.1, -0.05) is 13.5 Å². The predicted molar refractivity (Wildman–Crippen MR) is 52.3 cm³/mol. The van der Waals surface area contributed by atoms with Crippen LogP contribution in [0.2, 0.25) is 0 Å². The van der Waals surface area contributed by atoms with Crippen LogP contribution < -0.4 is 5.32 Å². The fourth-order valence-corrected chi connectivity index (χ4v) is 1.04. The van der Waals surface area contributed by atoms with Crippen LogP contribution in [0, 0.1) is 0 Å². The molecule has 4 nitrogen and oxygen atoms in total. The van der Waals surface area contributed by atoms with Gasteiger partial charge in [0.2, 0.25) is 0 Å². The third-order valence-corrected chi connectivity index (χ3v) is 1.65. The Morgan fingerprint density at radius 3 is 3.08 bits per heavy atom. The molecular formula is C9H16N4. The average molecular weight is 180 g/mol. The van der Waals surface area contributed by atoms with Gasteiger partial charge in [0, 0.05) is 6.54 Å². The van der Waals surface area contributed by atoms with E-state index in [1.165, 1.54) is 6.33 Å². The van der Waals surface area contributed by atoms with Crippen LogP contribution in [0.25, 0.3) is 0 Å². The van der Waals surface area contributed by atoms with Crippen molar-refractivity contribution in [1.29, 1.82) is 0 Å². The summed E-state index contributed by atoms with van der Waals surface area (Å²) in [5.74, 6) is 0. The molecule has 0 bridgehead atoms. The second kappa shape index (κ2) is 5.48. The molecule has 0 fully saturated rings. The Kier molecular flexibility index (Phi) is 4.18. The number of hydrogen-bond acceptors (Lipinski definition) is 3. The Morgan fingerprint density at radius 1 is 1.62 bits per heavy atom. The normalized spacial score (nSPS) is 10.2. The van der Waals surface area contributed by atoms with Gasteiger partial charge in [-0.25, -0.2) is 9.67 Å². The Balaban J connectivity index is 2.18. The van der Waals surface area contributed by atoms with Gasteiger partial charge >= 0.3 is 0 Å². The number of nitrogens with zero attached hydrogens (tertiary/aromatic N) is 3. The zero-order chi connectivity index (χ0) is 9.52. The molecular weight excluding hydrogens is 164 g/mol. The lowest BCUT2D eigenvalue weighted by Gasteiger charge is -2.06.